The normalized spacial score (nSPS) is 16.4. The van der Waals surface area contributed by atoms with Crippen molar-refractivity contribution in [2.45, 2.75) is 20.3 Å². The molecule has 1 aromatic carbocycles. The highest BCUT2D eigenvalue weighted by atomic mass is 127. The van der Waals surface area contributed by atoms with Gasteiger partial charge in [-0.15, -0.1) is 24.0 Å². The Bertz CT molecular complexity index is 475. The van der Waals surface area contributed by atoms with Gasteiger partial charge >= 0.3 is 0 Å². The third-order valence-corrected chi connectivity index (χ3v) is 3.48. The van der Waals surface area contributed by atoms with Crippen LogP contribution < -0.4 is 10.6 Å². The first kappa shape index (κ1) is 19.2. The zero-order valence-electron chi connectivity index (χ0n) is 13.2. The summed E-state index contributed by atoms with van der Waals surface area (Å²) in [5.41, 5.74) is 1.29. The number of halogens is 2. The van der Waals surface area contributed by atoms with Crippen molar-refractivity contribution in [1.82, 2.24) is 10.6 Å². The molecule has 0 amide bonds. The van der Waals surface area contributed by atoms with Gasteiger partial charge in [0.2, 0.25) is 0 Å². The number of hydrogen-bond donors (Lipinski definition) is 2. The Morgan fingerprint density at radius 3 is 2.50 bits per heavy atom. The fourth-order valence-electron chi connectivity index (χ4n) is 2.13. The number of rotatable bonds is 6. The minimum atomic E-state index is -0.197. The Kier molecular flexibility index (Phi) is 8.09. The third-order valence-electron chi connectivity index (χ3n) is 3.48. The number of benzene rings is 1. The fraction of sp³-hybridized carbons (Fsp3) is 0.562. The summed E-state index contributed by atoms with van der Waals surface area (Å²) in [4.78, 5) is 4.61. The SMILES string of the molecule is CCNC(=NCC1(C)COC1)NCCc1ccc(F)cc1.I. The molecule has 22 heavy (non-hydrogen) atoms. The molecular weight excluding hydrogens is 396 g/mol. The summed E-state index contributed by atoms with van der Waals surface area (Å²) in [5.74, 6) is 0.630. The lowest BCUT2D eigenvalue weighted by atomic mass is 9.89. The van der Waals surface area contributed by atoms with Crippen molar-refractivity contribution in [2.75, 3.05) is 32.8 Å². The van der Waals surface area contributed by atoms with Crippen molar-refractivity contribution >= 4 is 29.9 Å². The lowest BCUT2D eigenvalue weighted by Gasteiger charge is -2.36. The van der Waals surface area contributed by atoms with E-state index in [0.29, 0.717) is 0 Å². The van der Waals surface area contributed by atoms with Gasteiger partial charge in [0.1, 0.15) is 5.82 Å². The monoisotopic (exact) mass is 421 g/mol. The van der Waals surface area contributed by atoms with Gasteiger partial charge < -0.3 is 15.4 Å². The summed E-state index contributed by atoms with van der Waals surface area (Å²) in [6.45, 7) is 8.16. The molecule has 0 spiro atoms. The van der Waals surface area contributed by atoms with E-state index in [2.05, 4.69) is 22.5 Å². The summed E-state index contributed by atoms with van der Waals surface area (Å²) >= 11 is 0. The topological polar surface area (TPSA) is 45.7 Å². The van der Waals surface area contributed by atoms with Crippen LogP contribution in [0.15, 0.2) is 29.3 Å². The Hall–Kier alpha value is -0.890. The van der Waals surface area contributed by atoms with Gasteiger partial charge in [0, 0.05) is 18.5 Å². The fourth-order valence-corrected chi connectivity index (χ4v) is 2.13. The van der Waals surface area contributed by atoms with Gasteiger partial charge in [0.15, 0.2) is 5.96 Å². The molecule has 0 saturated carbocycles. The van der Waals surface area contributed by atoms with Crippen LogP contribution in [0, 0.1) is 11.2 Å². The van der Waals surface area contributed by atoms with Gasteiger partial charge in [0.05, 0.1) is 19.8 Å². The molecule has 1 aliphatic rings. The maximum atomic E-state index is 12.8. The highest BCUT2D eigenvalue weighted by molar-refractivity contribution is 14.0. The average molecular weight is 421 g/mol. The molecule has 1 aromatic rings. The highest BCUT2D eigenvalue weighted by Crippen LogP contribution is 2.26. The van der Waals surface area contributed by atoms with E-state index >= 15 is 0 Å². The molecule has 1 fully saturated rings. The van der Waals surface area contributed by atoms with E-state index in [1.54, 1.807) is 0 Å². The minimum absolute atomic E-state index is 0. The molecule has 0 aromatic heterocycles. The van der Waals surface area contributed by atoms with Crippen molar-refractivity contribution in [3.05, 3.63) is 35.6 Å². The largest absolute Gasteiger partial charge is 0.380 e. The van der Waals surface area contributed by atoms with Crippen molar-refractivity contribution in [3.8, 4) is 0 Å². The molecule has 0 unspecified atom stereocenters. The van der Waals surface area contributed by atoms with Gasteiger partial charge in [0.25, 0.3) is 0 Å². The maximum Gasteiger partial charge on any atom is 0.191 e. The van der Waals surface area contributed by atoms with Crippen LogP contribution in [0.5, 0.6) is 0 Å². The lowest BCUT2D eigenvalue weighted by molar-refractivity contribution is -0.0945. The standard InChI is InChI=1S/C16H24FN3O.HI/c1-3-18-15(20-10-16(2)11-21-12-16)19-9-8-13-4-6-14(17)7-5-13;/h4-7H,3,8-12H2,1-2H3,(H2,18,19,20);1H. The molecule has 2 N–H and O–H groups in total. The van der Waals surface area contributed by atoms with E-state index in [4.69, 9.17) is 4.74 Å². The molecule has 4 nitrogen and oxygen atoms in total. The van der Waals surface area contributed by atoms with Crippen LogP contribution in [0.3, 0.4) is 0 Å². The average Bonchev–Trinajstić information content (AvgIpc) is 2.45. The molecule has 0 radical (unpaired) electrons. The van der Waals surface area contributed by atoms with Crippen molar-refractivity contribution < 1.29 is 9.13 Å². The molecule has 1 heterocycles. The molecule has 124 valence electrons. The van der Waals surface area contributed by atoms with Crippen LogP contribution in [-0.4, -0.2) is 38.8 Å². The second-order valence-electron chi connectivity index (χ2n) is 5.80. The van der Waals surface area contributed by atoms with E-state index in [0.717, 1.165) is 50.8 Å². The first-order valence-electron chi connectivity index (χ1n) is 7.46. The van der Waals surface area contributed by atoms with Crippen LogP contribution in [0.1, 0.15) is 19.4 Å². The number of nitrogens with one attached hydrogen (secondary N) is 2. The number of hydrogen-bond acceptors (Lipinski definition) is 2. The van der Waals surface area contributed by atoms with Gasteiger partial charge in [-0.25, -0.2) is 4.39 Å². The molecule has 1 aliphatic heterocycles. The first-order valence-corrected chi connectivity index (χ1v) is 7.46. The van der Waals surface area contributed by atoms with E-state index in [9.17, 15) is 4.39 Å². The van der Waals surface area contributed by atoms with E-state index in [1.807, 2.05) is 19.1 Å². The summed E-state index contributed by atoms with van der Waals surface area (Å²) in [6.07, 6.45) is 0.838. The zero-order valence-corrected chi connectivity index (χ0v) is 15.5. The third kappa shape index (κ3) is 6.08. The number of aliphatic imine (C=N–C) groups is 1. The molecular formula is C16H25FIN3O. The van der Waals surface area contributed by atoms with Gasteiger partial charge in [-0.1, -0.05) is 19.1 Å². The van der Waals surface area contributed by atoms with Crippen LogP contribution in [0.2, 0.25) is 0 Å². The molecule has 0 bridgehead atoms. The number of nitrogens with zero attached hydrogens (tertiary/aromatic N) is 1. The van der Waals surface area contributed by atoms with Gasteiger partial charge in [-0.2, -0.15) is 0 Å². The van der Waals surface area contributed by atoms with Crippen LogP contribution >= 0.6 is 24.0 Å². The second-order valence-corrected chi connectivity index (χ2v) is 5.80. The van der Waals surface area contributed by atoms with Crippen molar-refractivity contribution in [2.24, 2.45) is 10.4 Å². The van der Waals surface area contributed by atoms with Crippen LogP contribution in [0.25, 0.3) is 0 Å². The van der Waals surface area contributed by atoms with Gasteiger partial charge in [-0.05, 0) is 31.0 Å². The smallest absolute Gasteiger partial charge is 0.191 e. The quantitative estimate of drug-likeness (QED) is 0.422. The summed E-state index contributed by atoms with van der Waals surface area (Å²) in [6, 6.07) is 6.61. The van der Waals surface area contributed by atoms with Crippen LogP contribution in [-0.2, 0) is 11.2 Å². The lowest BCUT2D eigenvalue weighted by Crippen LogP contribution is -2.44. The predicted octanol–water partition coefficient (Wildman–Crippen LogP) is 2.58. The first-order chi connectivity index (χ1) is 10.1. The summed E-state index contributed by atoms with van der Waals surface area (Å²) < 4.78 is 18.1. The second kappa shape index (κ2) is 9.29. The zero-order chi connectivity index (χ0) is 15.1. The molecule has 2 rings (SSSR count). The Balaban J connectivity index is 0.00000242. The van der Waals surface area contributed by atoms with Gasteiger partial charge in [-0.3, -0.25) is 4.99 Å². The van der Waals surface area contributed by atoms with E-state index in [1.165, 1.54) is 12.1 Å². The highest BCUT2D eigenvalue weighted by Gasteiger charge is 2.33. The molecule has 0 aliphatic carbocycles. The summed E-state index contributed by atoms with van der Waals surface area (Å²) in [7, 11) is 0. The van der Waals surface area contributed by atoms with E-state index in [-0.39, 0.29) is 35.2 Å². The molecule has 0 atom stereocenters. The minimum Gasteiger partial charge on any atom is -0.380 e. The van der Waals surface area contributed by atoms with Crippen molar-refractivity contribution in [3.63, 3.8) is 0 Å². The van der Waals surface area contributed by atoms with E-state index < -0.39 is 0 Å². The number of ether oxygens (including phenoxy) is 1. The van der Waals surface area contributed by atoms with Crippen molar-refractivity contribution in [1.29, 1.82) is 0 Å². The predicted molar refractivity (Wildman–Crippen MR) is 98.4 cm³/mol. The Morgan fingerprint density at radius 1 is 1.27 bits per heavy atom. The molecule has 6 heteroatoms. The Labute approximate surface area is 148 Å². The number of guanidine groups is 1. The molecule has 1 saturated heterocycles. The van der Waals surface area contributed by atoms with Crippen LogP contribution in [0.4, 0.5) is 4.39 Å². The Morgan fingerprint density at radius 2 is 1.95 bits per heavy atom. The maximum absolute atomic E-state index is 12.8. The summed E-state index contributed by atoms with van der Waals surface area (Å²) in [5, 5.41) is 6.55.